The molecular formula is C21H25ClN6O5. The molecule has 0 aliphatic carbocycles. The van der Waals surface area contributed by atoms with Crippen LogP contribution in [-0.4, -0.2) is 84.8 Å². The number of ether oxygens (including phenoxy) is 1. The maximum absolute atomic E-state index is 11.8. The van der Waals surface area contributed by atoms with E-state index < -0.39 is 4.92 Å². The van der Waals surface area contributed by atoms with E-state index in [0.29, 0.717) is 35.9 Å². The molecule has 0 bridgehead atoms. The summed E-state index contributed by atoms with van der Waals surface area (Å²) >= 11 is 5.90. The van der Waals surface area contributed by atoms with Crippen molar-refractivity contribution in [3.05, 3.63) is 45.5 Å². The first kappa shape index (κ1) is 23.0. The number of rotatable bonds is 9. The maximum atomic E-state index is 11.8. The molecule has 1 aliphatic heterocycles. The summed E-state index contributed by atoms with van der Waals surface area (Å²) in [5, 5.41) is 29.5. The predicted molar refractivity (Wildman–Crippen MR) is 124 cm³/mol. The summed E-state index contributed by atoms with van der Waals surface area (Å²) in [6, 6.07) is 9.02. The van der Waals surface area contributed by atoms with Crippen molar-refractivity contribution in [2.75, 3.05) is 69.3 Å². The number of aromatic nitrogens is 2. The third-order valence-electron chi connectivity index (χ3n) is 5.70. The van der Waals surface area contributed by atoms with E-state index >= 15 is 0 Å². The van der Waals surface area contributed by atoms with Gasteiger partial charge in [-0.2, -0.15) is 0 Å². The lowest BCUT2D eigenvalue weighted by Crippen LogP contribution is -2.47. The number of likely N-dealkylation sites (N-methyl/N-ethyl adjacent to an activating group) is 1. The Morgan fingerprint density at radius 3 is 2.58 bits per heavy atom. The predicted octanol–water partition coefficient (Wildman–Crippen LogP) is 2.41. The average Bonchev–Trinajstić information content (AvgIpc) is 3.29. The van der Waals surface area contributed by atoms with Gasteiger partial charge >= 0.3 is 5.69 Å². The lowest BCUT2D eigenvalue weighted by Gasteiger charge is -2.36. The number of piperazine rings is 1. The fraction of sp³-hybridized carbons (Fsp3) is 0.429. The van der Waals surface area contributed by atoms with Gasteiger partial charge in [-0.25, -0.2) is 4.63 Å². The first-order valence-electron chi connectivity index (χ1n) is 10.6. The molecule has 3 aromatic rings. The van der Waals surface area contributed by atoms with Crippen LogP contribution in [0.25, 0.3) is 11.0 Å². The molecule has 0 saturated carbocycles. The smallest absolute Gasteiger partial charge is 0.323 e. The lowest BCUT2D eigenvalue weighted by atomic mass is 10.1. The van der Waals surface area contributed by atoms with Gasteiger partial charge in [0.25, 0.3) is 0 Å². The molecule has 1 aliphatic rings. The van der Waals surface area contributed by atoms with Gasteiger partial charge in [0, 0.05) is 51.3 Å². The topological polar surface area (TPSA) is 121 Å². The van der Waals surface area contributed by atoms with Gasteiger partial charge in [0.2, 0.25) is 5.52 Å². The molecule has 2 heterocycles. The molecule has 0 atom stereocenters. The van der Waals surface area contributed by atoms with Crippen molar-refractivity contribution in [2.24, 2.45) is 0 Å². The molecule has 0 radical (unpaired) electrons. The Hall–Kier alpha value is -3.15. The largest absolute Gasteiger partial charge is 0.492 e. The molecule has 12 heteroatoms. The van der Waals surface area contributed by atoms with Crippen molar-refractivity contribution in [3.8, 4) is 5.75 Å². The zero-order chi connectivity index (χ0) is 23.4. The van der Waals surface area contributed by atoms with E-state index in [0.717, 1.165) is 31.1 Å². The summed E-state index contributed by atoms with van der Waals surface area (Å²) in [4.78, 5) is 17.3. The van der Waals surface area contributed by atoms with Crippen LogP contribution >= 0.6 is 11.6 Å². The minimum Gasteiger partial charge on any atom is -0.492 e. The molecule has 33 heavy (non-hydrogen) atoms. The number of hydrogen-bond donors (Lipinski definition) is 1. The van der Waals surface area contributed by atoms with Gasteiger partial charge in [-0.05, 0) is 40.6 Å². The van der Waals surface area contributed by atoms with Crippen molar-refractivity contribution < 1.29 is 19.4 Å². The lowest BCUT2D eigenvalue weighted by molar-refractivity contribution is -0.382. The number of halogens is 1. The van der Waals surface area contributed by atoms with Crippen LogP contribution in [0, 0.1) is 10.1 Å². The van der Waals surface area contributed by atoms with Crippen LogP contribution in [0.4, 0.5) is 17.1 Å². The van der Waals surface area contributed by atoms with E-state index in [1.165, 1.54) is 0 Å². The second-order valence-electron chi connectivity index (χ2n) is 7.76. The third kappa shape index (κ3) is 5.10. The fourth-order valence-electron chi connectivity index (χ4n) is 3.92. The highest BCUT2D eigenvalue weighted by Gasteiger charge is 2.30. The van der Waals surface area contributed by atoms with Crippen LogP contribution in [0.5, 0.6) is 5.75 Å². The highest BCUT2D eigenvalue weighted by atomic mass is 35.5. The molecule has 11 nitrogen and oxygen atoms in total. The van der Waals surface area contributed by atoms with Gasteiger partial charge in [0.15, 0.2) is 5.52 Å². The van der Waals surface area contributed by atoms with E-state index in [4.69, 9.17) is 21.0 Å². The molecule has 1 N–H and O–H groups in total. The molecular weight excluding hydrogens is 452 g/mol. The normalized spacial score (nSPS) is 14.6. The van der Waals surface area contributed by atoms with Gasteiger partial charge in [0.05, 0.1) is 17.2 Å². The van der Waals surface area contributed by atoms with E-state index in [1.54, 1.807) is 30.1 Å². The first-order chi connectivity index (χ1) is 16.0. The van der Waals surface area contributed by atoms with E-state index in [-0.39, 0.29) is 24.4 Å². The van der Waals surface area contributed by atoms with Crippen LogP contribution in [0.1, 0.15) is 0 Å². The number of anilines is 2. The molecule has 0 amide bonds. The minimum atomic E-state index is -0.488. The number of aliphatic hydroxyl groups excluding tert-OH is 1. The van der Waals surface area contributed by atoms with Gasteiger partial charge < -0.3 is 19.6 Å². The molecule has 2 aromatic carbocycles. The van der Waals surface area contributed by atoms with Crippen molar-refractivity contribution in [1.82, 2.24) is 15.2 Å². The summed E-state index contributed by atoms with van der Waals surface area (Å²) in [7, 11) is 1.69. The SMILES string of the molecule is CN(CCO)c1cc(N2CCN(CCOc3ccc(Cl)cc3)CC2)c2nonc2c1[N+](=O)[O-]. The maximum Gasteiger partial charge on any atom is 0.323 e. The van der Waals surface area contributed by atoms with Crippen LogP contribution in [0.15, 0.2) is 35.0 Å². The van der Waals surface area contributed by atoms with Gasteiger partial charge in [-0.3, -0.25) is 15.0 Å². The second kappa shape index (κ2) is 10.2. The molecule has 1 saturated heterocycles. The molecule has 1 fully saturated rings. The summed E-state index contributed by atoms with van der Waals surface area (Å²) in [5.41, 5.74) is 1.39. The highest BCUT2D eigenvalue weighted by molar-refractivity contribution is 6.30. The van der Waals surface area contributed by atoms with Crippen molar-refractivity contribution in [2.45, 2.75) is 0 Å². The number of aliphatic hydroxyl groups is 1. The van der Waals surface area contributed by atoms with Crippen molar-refractivity contribution in [3.63, 3.8) is 0 Å². The molecule has 1 aromatic heterocycles. The minimum absolute atomic E-state index is 0.107. The summed E-state index contributed by atoms with van der Waals surface area (Å²) in [6.45, 7) is 4.49. The number of nitro benzene ring substituents is 1. The number of benzene rings is 2. The summed E-state index contributed by atoms with van der Waals surface area (Å²) < 4.78 is 10.7. The van der Waals surface area contributed by atoms with Gasteiger partial charge in [0.1, 0.15) is 18.0 Å². The van der Waals surface area contributed by atoms with Gasteiger partial charge in [-0.1, -0.05) is 11.6 Å². The Morgan fingerprint density at radius 2 is 1.91 bits per heavy atom. The number of hydrogen-bond acceptors (Lipinski definition) is 10. The van der Waals surface area contributed by atoms with Crippen LogP contribution in [0.3, 0.4) is 0 Å². The Morgan fingerprint density at radius 1 is 1.21 bits per heavy atom. The van der Waals surface area contributed by atoms with E-state index in [2.05, 4.69) is 20.1 Å². The Labute approximate surface area is 195 Å². The fourth-order valence-corrected chi connectivity index (χ4v) is 4.04. The Kier molecular flexibility index (Phi) is 7.11. The zero-order valence-corrected chi connectivity index (χ0v) is 18.9. The molecule has 176 valence electrons. The molecule has 4 rings (SSSR count). The van der Waals surface area contributed by atoms with E-state index in [1.807, 2.05) is 12.1 Å². The van der Waals surface area contributed by atoms with E-state index in [9.17, 15) is 15.2 Å². The number of nitrogens with zero attached hydrogens (tertiary/aromatic N) is 6. The average molecular weight is 477 g/mol. The van der Waals surface area contributed by atoms with Crippen LogP contribution in [-0.2, 0) is 0 Å². The van der Waals surface area contributed by atoms with Crippen LogP contribution < -0.4 is 14.5 Å². The third-order valence-corrected chi connectivity index (χ3v) is 5.96. The monoisotopic (exact) mass is 476 g/mol. The van der Waals surface area contributed by atoms with Crippen LogP contribution in [0.2, 0.25) is 5.02 Å². The highest BCUT2D eigenvalue weighted by Crippen LogP contribution is 2.40. The Balaban J connectivity index is 1.45. The van der Waals surface area contributed by atoms with Crippen molar-refractivity contribution in [1.29, 1.82) is 0 Å². The van der Waals surface area contributed by atoms with Crippen molar-refractivity contribution >= 4 is 39.7 Å². The molecule has 0 unspecified atom stereocenters. The number of fused-ring (bicyclic) bond motifs is 1. The first-order valence-corrected chi connectivity index (χ1v) is 11.0. The summed E-state index contributed by atoms with van der Waals surface area (Å²) in [6.07, 6.45) is 0. The Bertz CT molecular complexity index is 1100. The number of nitro groups is 1. The second-order valence-corrected chi connectivity index (χ2v) is 8.19. The quantitative estimate of drug-likeness (QED) is 0.364. The summed E-state index contributed by atoms with van der Waals surface area (Å²) in [5.74, 6) is 0.782. The zero-order valence-electron chi connectivity index (χ0n) is 18.2. The van der Waals surface area contributed by atoms with Gasteiger partial charge in [-0.15, -0.1) is 0 Å². The standard InChI is InChI=1S/C21H25ClN6O5/c1-25(10-12-29)18-14-17(19-20(24-33-23-19)21(18)28(30)31)27-8-6-26(7-9-27)11-13-32-16-4-2-15(22)3-5-16/h2-5,14,29H,6-13H2,1H3. The molecule has 0 spiro atoms.